The van der Waals surface area contributed by atoms with Crippen LogP contribution in [0.1, 0.15) is 22.3 Å². The van der Waals surface area contributed by atoms with E-state index in [4.69, 9.17) is 10.2 Å². The highest BCUT2D eigenvalue weighted by Crippen LogP contribution is 2.19. The van der Waals surface area contributed by atoms with Crippen molar-refractivity contribution in [2.24, 2.45) is 0 Å². The molecule has 1 aromatic carbocycles. The number of benzene rings is 1. The highest BCUT2D eigenvalue weighted by Gasteiger charge is 2.14. The van der Waals surface area contributed by atoms with Gasteiger partial charge in [0.25, 0.3) is 5.91 Å². The number of aliphatic hydroxyl groups is 1. The van der Waals surface area contributed by atoms with Crippen LogP contribution in [0.15, 0.2) is 18.2 Å². The Kier molecular flexibility index (Phi) is 4.67. The summed E-state index contributed by atoms with van der Waals surface area (Å²) in [4.78, 5) is 22.1. The third kappa shape index (κ3) is 3.46. The fraction of sp³-hybridized carbons (Fsp3) is 0.333. The Morgan fingerprint density at radius 1 is 1.39 bits per heavy atom. The van der Waals surface area contributed by atoms with E-state index in [1.807, 2.05) is 0 Å². The van der Waals surface area contributed by atoms with Crippen LogP contribution in [0, 0.1) is 6.92 Å². The van der Waals surface area contributed by atoms with Gasteiger partial charge in [-0.25, -0.2) is 4.79 Å². The van der Waals surface area contributed by atoms with Crippen molar-refractivity contribution in [3.05, 3.63) is 29.3 Å². The third-order valence-electron chi connectivity index (χ3n) is 2.54. The lowest BCUT2D eigenvalue weighted by molar-refractivity contribution is -0.146. The number of aliphatic carboxylic acids is 1. The first-order valence-corrected chi connectivity index (χ1v) is 5.41. The molecule has 0 aliphatic carbocycles. The van der Waals surface area contributed by atoms with Crippen molar-refractivity contribution in [1.29, 1.82) is 0 Å². The van der Waals surface area contributed by atoms with Crippen LogP contribution in [-0.2, 0) is 4.79 Å². The van der Waals surface area contributed by atoms with Crippen LogP contribution in [0.3, 0.4) is 0 Å². The second-order valence-electron chi connectivity index (χ2n) is 3.85. The molecule has 0 radical (unpaired) electrons. The number of hydrogen-bond acceptors (Lipinski definition) is 4. The van der Waals surface area contributed by atoms with Crippen molar-refractivity contribution in [1.82, 2.24) is 5.32 Å². The Bertz CT molecular complexity index is 458. The van der Waals surface area contributed by atoms with E-state index in [9.17, 15) is 14.7 Å². The van der Waals surface area contributed by atoms with Crippen LogP contribution >= 0.6 is 0 Å². The highest BCUT2D eigenvalue weighted by atomic mass is 16.4. The number of carboxylic acids is 1. The van der Waals surface area contributed by atoms with E-state index < -0.39 is 18.0 Å². The monoisotopic (exact) mass is 253 g/mol. The molecule has 4 N–H and O–H groups in total. The lowest BCUT2D eigenvalue weighted by Crippen LogP contribution is -2.30. The predicted octanol–water partition coefficient (Wildman–Crippen LogP) is 0.266. The standard InChI is InChI=1S/C12H15NO5/c1-7-8(3-2-4-9(7)14)11(16)13-6-5-10(15)12(17)18/h2-4,10,14-15H,5-6H2,1H3,(H,13,16)(H,17,18)/t10-/m0/s1. The van der Waals surface area contributed by atoms with Gasteiger partial charge in [-0.1, -0.05) is 6.07 Å². The van der Waals surface area contributed by atoms with E-state index in [0.717, 1.165) is 0 Å². The topological polar surface area (TPSA) is 107 Å². The molecule has 0 bridgehead atoms. The number of phenolic OH excluding ortho intramolecular Hbond substituents is 1. The van der Waals surface area contributed by atoms with Crippen molar-refractivity contribution in [3.63, 3.8) is 0 Å². The molecule has 98 valence electrons. The zero-order valence-electron chi connectivity index (χ0n) is 9.88. The average molecular weight is 253 g/mol. The fourth-order valence-electron chi connectivity index (χ4n) is 1.41. The summed E-state index contributed by atoms with van der Waals surface area (Å²) in [6.45, 7) is 1.65. The first-order chi connectivity index (χ1) is 8.43. The third-order valence-corrected chi connectivity index (χ3v) is 2.54. The van der Waals surface area contributed by atoms with Crippen molar-refractivity contribution in [2.75, 3.05) is 6.54 Å². The van der Waals surface area contributed by atoms with Gasteiger partial charge in [0.05, 0.1) is 0 Å². The van der Waals surface area contributed by atoms with Crippen molar-refractivity contribution < 1.29 is 24.9 Å². The molecule has 18 heavy (non-hydrogen) atoms. The normalized spacial score (nSPS) is 11.9. The van der Waals surface area contributed by atoms with Crippen molar-refractivity contribution >= 4 is 11.9 Å². The smallest absolute Gasteiger partial charge is 0.332 e. The first kappa shape index (κ1) is 14.0. The number of aliphatic hydroxyl groups excluding tert-OH is 1. The van der Waals surface area contributed by atoms with Gasteiger partial charge >= 0.3 is 5.97 Å². The number of carbonyl (C=O) groups is 2. The van der Waals surface area contributed by atoms with Gasteiger partial charge in [0.15, 0.2) is 6.10 Å². The second-order valence-corrected chi connectivity index (χ2v) is 3.85. The summed E-state index contributed by atoms with van der Waals surface area (Å²) in [5.41, 5.74) is 0.772. The molecule has 0 fully saturated rings. The van der Waals surface area contributed by atoms with E-state index in [2.05, 4.69) is 5.32 Å². The van der Waals surface area contributed by atoms with E-state index in [0.29, 0.717) is 11.1 Å². The van der Waals surface area contributed by atoms with E-state index in [1.165, 1.54) is 6.07 Å². The Morgan fingerprint density at radius 2 is 2.06 bits per heavy atom. The Labute approximate surface area is 104 Å². The van der Waals surface area contributed by atoms with Crippen LogP contribution in [0.25, 0.3) is 0 Å². The van der Waals surface area contributed by atoms with Crippen molar-refractivity contribution in [3.8, 4) is 5.75 Å². The van der Waals surface area contributed by atoms with Gasteiger partial charge in [0.1, 0.15) is 5.75 Å². The molecule has 1 atom stereocenters. The van der Waals surface area contributed by atoms with E-state index in [1.54, 1.807) is 19.1 Å². The summed E-state index contributed by atoms with van der Waals surface area (Å²) in [6, 6.07) is 4.57. The van der Waals surface area contributed by atoms with Gasteiger partial charge < -0.3 is 20.6 Å². The summed E-state index contributed by atoms with van der Waals surface area (Å²) < 4.78 is 0. The zero-order valence-corrected chi connectivity index (χ0v) is 9.88. The molecule has 0 aliphatic rings. The number of aromatic hydroxyl groups is 1. The van der Waals surface area contributed by atoms with Crippen molar-refractivity contribution in [2.45, 2.75) is 19.4 Å². The predicted molar refractivity (Wildman–Crippen MR) is 63.4 cm³/mol. The largest absolute Gasteiger partial charge is 0.508 e. The van der Waals surface area contributed by atoms with Crippen LogP contribution in [0.5, 0.6) is 5.75 Å². The second kappa shape index (κ2) is 6.02. The Hall–Kier alpha value is -2.08. The summed E-state index contributed by atoms with van der Waals surface area (Å²) >= 11 is 0. The Morgan fingerprint density at radius 3 is 2.67 bits per heavy atom. The number of phenols is 1. The van der Waals surface area contributed by atoms with Gasteiger partial charge in [0, 0.05) is 24.1 Å². The lowest BCUT2D eigenvalue weighted by atomic mass is 10.1. The van der Waals surface area contributed by atoms with Crippen LogP contribution < -0.4 is 5.32 Å². The molecule has 0 aliphatic heterocycles. The molecule has 0 heterocycles. The SMILES string of the molecule is Cc1c(O)cccc1C(=O)NCC[C@H](O)C(=O)O. The minimum atomic E-state index is -1.49. The number of hydrogen-bond donors (Lipinski definition) is 4. The maximum Gasteiger partial charge on any atom is 0.332 e. The summed E-state index contributed by atoms with van der Waals surface area (Å²) in [7, 11) is 0. The quantitative estimate of drug-likeness (QED) is 0.602. The zero-order chi connectivity index (χ0) is 13.7. The number of carboxylic acid groups (broad SMARTS) is 1. The summed E-state index contributed by atoms with van der Waals surface area (Å²) in [5, 5.41) is 29.4. The molecule has 0 saturated heterocycles. The molecule has 1 amide bonds. The number of amides is 1. The van der Waals surface area contributed by atoms with Gasteiger partial charge in [-0.2, -0.15) is 0 Å². The van der Waals surface area contributed by atoms with Crippen LogP contribution in [0.4, 0.5) is 0 Å². The van der Waals surface area contributed by atoms with E-state index >= 15 is 0 Å². The first-order valence-electron chi connectivity index (χ1n) is 5.41. The van der Waals surface area contributed by atoms with Crippen LogP contribution in [0.2, 0.25) is 0 Å². The minimum Gasteiger partial charge on any atom is -0.508 e. The maximum absolute atomic E-state index is 11.7. The number of rotatable bonds is 5. The molecule has 0 spiro atoms. The summed E-state index contributed by atoms with van der Waals surface area (Å²) in [6.07, 6.45) is -1.56. The molecular weight excluding hydrogens is 238 g/mol. The number of nitrogens with one attached hydrogen (secondary N) is 1. The highest BCUT2D eigenvalue weighted by molar-refractivity contribution is 5.96. The molecule has 1 aromatic rings. The van der Waals surface area contributed by atoms with Gasteiger partial charge in [-0.15, -0.1) is 0 Å². The summed E-state index contributed by atoms with van der Waals surface area (Å²) in [5.74, 6) is -1.72. The van der Waals surface area contributed by atoms with Gasteiger partial charge in [0.2, 0.25) is 0 Å². The van der Waals surface area contributed by atoms with E-state index in [-0.39, 0.29) is 18.7 Å². The molecule has 0 aromatic heterocycles. The van der Waals surface area contributed by atoms with Crippen LogP contribution in [-0.4, -0.2) is 39.8 Å². The molecule has 6 heteroatoms. The minimum absolute atomic E-state index is 0.0215. The average Bonchev–Trinajstić information content (AvgIpc) is 2.32. The molecule has 1 rings (SSSR count). The molecular formula is C12H15NO5. The fourth-order valence-corrected chi connectivity index (χ4v) is 1.41. The molecule has 0 unspecified atom stereocenters. The maximum atomic E-state index is 11.7. The molecule has 6 nitrogen and oxygen atoms in total. The number of carbonyl (C=O) groups excluding carboxylic acids is 1. The lowest BCUT2D eigenvalue weighted by Gasteiger charge is -2.09. The molecule has 0 saturated carbocycles. The van der Waals surface area contributed by atoms with Gasteiger partial charge in [-0.05, 0) is 19.1 Å². The van der Waals surface area contributed by atoms with Gasteiger partial charge in [-0.3, -0.25) is 4.79 Å². The Balaban J connectivity index is 2.56.